The highest BCUT2D eigenvalue weighted by Gasteiger charge is 2.15. The first-order valence-electron chi connectivity index (χ1n) is 7.95. The van der Waals surface area contributed by atoms with E-state index in [0.29, 0.717) is 28.2 Å². The van der Waals surface area contributed by atoms with E-state index < -0.39 is 0 Å². The van der Waals surface area contributed by atoms with Crippen LogP contribution in [0.25, 0.3) is 5.69 Å². The van der Waals surface area contributed by atoms with Crippen LogP contribution in [0, 0.1) is 12.7 Å². The quantitative estimate of drug-likeness (QED) is 0.559. The van der Waals surface area contributed by atoms with E-state index in [-0.39, 0.29) is 17.3 Å². The number of H-pyrrole nitrogens is 1. The summed E-state index contributed by atoms with van der Waals surface area (Å²) >= 11 is 0. The highest BCUT2D eigenvalue weighted by Crippen LogP contribution is 2.09. The van der Waals surface area contributed by atoms with Gasteiger partial charge < -0.3 is 0 Å². The van der Waals surface area contributed by atoms with Gasteiger partial charge in [-0.05, 0) is 50.2 Å². The third-order valence-electron chi connectivity index (χ3n) is 3.88. The first-order chi connectivity index (χ1) is 12.5. The predicted molar refractivity (Wildman–Crippen MR) is 97.2 cm³/mol. The molecule has 0 aliphatic heterocycles. The fourth-order valence-corrected chi connectivity index (χ4v) is 2.59. The molecular weight excluding hydrogens is 335 g/mol. The highest BCUT2D eigenvalue weighted by molar-refractivity contribution is 6.01. The van der Waals surface area contributed by atoms with E-state index in [1.807, 2.05) is 6.07 Å². The molecule has 0 bridgehead atoms. The van der Waals surface area contributed by atoms with Crippen molar-refractivity contribution < 1.29 is 9.18 Å². The van der Waals surface area contributed by atoms with Gasteiger partial charge in [0, 0.05) is 11.3 Å². The average molecular weight is 352 g/mol. The summed E-state index contributed by atoms with van der Waals surface area (Å²) in [5, 5.41) is 6.97. The summed E-state index contributed by atoms with van der Waals surface area (Å²) in [7, 11) is 0. The molecule has 132 valence electrons. The number of benzene rings is 2. The molecule has 0 saturated heterocycles. The first kappa shape index (κ1) is 17.3. The molecule has 0 aliphatic carbocycles. The van der Waals surface area contributed by atoms with E-state index in [1.54, 1.807) is 38.1 Å². The first-order valence-corrected chi connectivity index (χ1v) is 7.95. The molecule has 0 spiro atoms. The average Bonchev–Trinajstić information content (AvgIpc) is 2.95. The number of hydrogen-bond donors (Lipinski definition) is 2. The van der Waals surface area contributed by atoms with Crippen molar-refractivity contribution >= 4 is 11.6 Å². The number of aromatic nitrogens is 2. The SMILES string of the molecule is C/C(=N\NC(=O)c1ccccc1)c1c(C)[nH]n(-c2ccc(F)cc2)c1=O. The van der Waals surface area contributed by atoms with Crippen LogP contribution in [-0.4, -0.2) is 21.4 Å². The van der Waals surface area contributed by atoms with Crippen molar-refractivity contribution in [2.45, 2.75) is 13.8 Å². The molecule has 0 radical (unpaired) electrons. The molecule has 6 nitrogen and oxygen atoms in total. The summed E-state index contributed by atoms with van der Waals surface area (Å²) in [6, 6.07) is 14.2. The maximum Gasteiger partial charge on any atom is 0.280 e. The Balaban J connectivity index is 1.88. The number of hydrazone groups is 1. The van der Waals surface area contributed by atoms with Crippen LogP contribution in [0.2, 0.25) is 0 Å². The summed E-state index contributed by atoms with van der Waals surface area (Å²) in [5.74, 6) is -0.747. The second kappa shape index (κ2) is 7.18. The molecule has 0 fully saturated rings. The van der Waals surface area contributed by atoms with Gasteiger partial charge in [0.1, 0.15) is 5.82 Å². The number of rotatable bonds is 4. The van der Waals surface area contributed by atoms with Crippen LogP contribution in [0.1, 0.15) is 28.5 Å². The van der Waals surface area contributed by atoms with Gasteiger partial charge >= 0.3 is 0 Å². The highest BCUT2D eigenvalue weighted by atomic mass is 19.1. The van der Waals surface area contributed by atoms with Gasteiger partial charge in [0.05, 0.1) is 17.0 Å². The minimum atomic E-state index is -0.383. The lowest BCUT2D eigenvalue weighted by Crippen LogP contribution is -2.23. The summed E-state index contributed by atoms with van der Waals surface area (Å²) in [6.45, 7) is 3.37. The van der Waals surface area contributed by atoms with Crippen LogP contribution in [-0.2, 0) is 0 Å². The zero-order valence-electron chi connectivity index (χ0n) is 14.3. The maximum absolute atomic E-state index is 13.1. The van der Waals surface area contributed by atoms with Crippen molar-refractivity contribution in [3.05, 3.63) is 87.6 Å². The monoisotopic (exact) mass is 352 g/mol. The fraction of sp³-hybridized carbons (Fsp3) is 0.105. The van der Waals surface area contributed by atoms with Crippen molar-refractivity contribution in [3.63, 3.8) is 0 Å². The van der Waals surface area contributed by atoms with E-state index in [4.69, 9.17) is 0 Å². The number of carbonyl (C=O) groups excluding carboxylic acids is 1. The van der Waals surface area contributed by atoms with Crippen LogP contribution >= 0.6 is 0 Å². The Morgan fingerprint density at radius 2 is 1.77 bits per heavy atom. The van der Waals surface area contributed by atoms with Gasteiger partial charge in [-0.25, -0.2) is 14.5 Å². The van der Waals surface area contributed by atoms with Gasteiger partial charge in [-0.2, -0.15) is 5.10 Å². The van der Waals surface area contributed by atoms with Crippen LogP contribution in [0.3, 0.4) is 0 Å². The second-order valence-electron chi connectivity index (χ2n) is 5.73. The molecule has 0 aliphatic rings. The van der Waals surface area contributed by atoms with Crippen LogP contribution in [0.15, 0.2) is 64.5 Å². The van der Waals surface area contributed by atoms with Crippen molar-refractivity contribution in [3.8, 4) is 5.69 Å². The number of amides is 1. The van der Waals surface area contributed by atoms with Crippen molar-refractivity contribution in [1.29, 1.82) is 0 Å². The van der Waals surface area contributed by atoms with Crippen LogP contribution < -0.4 is 11.0 Å². The molecule has 0 unspecified atom stereocenters. The summed E-state index contributed by atoms with van der Waals surface area (Å²) < 4.78 is 14.4. The predicted octanol–water partition coefficient (Wildman–Crippen LogP) is 2.77. The Labute approximate surface area is 149 Å². The van der Waals surface area contributed by atoms with Crippen molar-refractivity contribution in [1.82, 2.24) is 15.2 Å². The standard InChI is InChI=1S/C19H17FN4O2/c1-12(21-22-18(25)14-6-4-3-5-7-14)17-13(2)23-24(19(17)26)16-10-8-15(20)9-11-16/h3-11,23H,1-2H3,(H,22,25)/b21-12+. The van der Waals surface area contributed by atoms with Crippen molar-refractivity contribution in [2.24, 2.45) is 5.10 Å². The van der Waals surface area contributed by atoms with Gasteiger partial charge in [0.25, 0.3) is 11.5 Å². The molecule has 1 amide bonds. The largest absolute Gasteiger partial charge is 0.295 e. The molecule has 0 saturated carbocycles. The minimum Gasteiger partial charge on any atom is -0.295 e. The van der Waals surface area contributed by atoms with E-state index in [0.717, 1.165) is 0 Å². The van der Waals surface area contributed by atoms with Crippen molar-refractivity contribution in [2.75, 3.05) is 0 Å². The fourth-order valence-electron chi connectivity index (χ4n) is 2.59. The number of carbonyl (C=O) groups is 1. The third-order valence-corrected chi connectivity index (χ3v) is 3.88. The Hall–Kier alpha value is -3.48. The van der Waals surface area contributed by atoms with Gasteiger partial charge in [-0.15, -0.1) is 0 Å². The normalized spacial score (nSPS) is 11.4. The van der Waals surface area contributed by atoms with Gasteiger partial charge in [-0.1, -0.05) is 18.2 Å². The van der Waals surface area contributed by atoms with E-state index in [1.165, 1.54) is 28.9 Å². The van der Waals surface area contributed by atoms with Gasteiger partial charge in [-0.3, -0.25) is 14.7 Å². The number of hydrogen-bond acceptors (Lipinski definition) is 3. The number of aryl methyl sites for hydroxylation is 1. The lowest BCUT2D eigenvalue weighted by atomic mass is 10.2. The molecule has 2 N–H and O–H groups in total. The van der Waals surface area contributed by atoms with E-state index in [2.05, 4.69) is 15.6 Å². The number of nitrogens with one attached hydrogen (secondary N) is 2. The second-order valence-corrected chi connectivity index (χ2v) is 5.73. The molecule has 3 rings (SSSR count). The number of halogens is 1. The Morgan fingerprint density at radius 3 is 2.42 bits per heavy atom. The third kappa shape index (κ3) is 3.46. The van der Waals surface area contributed by atoms with E-state index in [9.17, 15) is 14.0 Å². The van der Waals surface area contributed by atoms with E-state index >= 15 is 0 Å². The molecule has 1 aromatic heterocycles. The van der Waals surface area contributed by atoms with Gasteiger partial charge in [0.15, 0.2) is 0 Å². The maximum atomic E-state index is 13.1. The number of nitrogens with zero attached hydrogens (tertiary/aromatic N) is 2. The molecular formula is C19H17FN4O2. The molecule has 0 atom stereocenters. The lowest BCUT2D eigenvalue weighted by molar-refractivity contribution is 0.0955. The summed E-state index contributed by atoms with van der Waals surface area (Å²) in [5.41, 5.74) is 4.40. The molecule has 7 heteroatoms. The summed E-state index contributed by atoms with van der Waals surface area (Å²) in [4.78, 5) is 24.7. The smallest absolute Gasteiger partial charge is 0.280 e. The lowest BCUT2D eigenvalue weighted by Gasteiger charge is -2.01. The summed E-state index contributed by atoms with van der Waals surface area (Å²) in [6.07, 6.45) is 0. The Bertz CT molecular complexity index is 1020. The topological polar surface area (TPSA) is 79.2 Å². The van der Waals surface area contributed by atoms with Crippen LogP contribution in [0.4, 0.5) is 4.39 Å². The zero-order valence-corrected chi connectivity index (χ0v) is 14.3. The molecule has 2 aromatic carbocycles. The molecule has 3 aromatic rings. The zero-order chi connectivity index (χ0) is 18.7. The Kier molecular flexibility index (Phi) is 4.79. The Morgan fingerprint density at radius 1 is 1.12 bits per heavy atom. The number of aromatic amines is 1. The van der Waals surface area contributed by atoms with Crippen LogP contribution in [0.5, 0.6) is 0 Å². The minimum absolute atomic E-state index is 0.329. The molecule has 1 heterocycles. The molecule has 26 heavy (non-hydrogen) atoms. The van der Waals surface area contributed by atoms with Gasteiger partial charge in [0.2, 0.25) is 0 Å².